The van der Waals surface area contributed by atoms with E-state index in [2.05, 4.69) is 13.8 Å². The summed E-state index contributed by atoms with van der Waals surface area (Å²) in [5.74, 6) is 2.22. The quantitative estimate of drug-likeness (QED) is 0.513. The first kappa shape index (κ1) is 7.41. The van der Waals surface area contributed by atoms with Gasteiger partial charge in [-0.25, -0.2) is 0 Å². The van der Waals surface area contributed by atoms with Gasteiger partial charge < -0.3 is 0 Å². The summed E-state index contributed by atoms with van der Waals surface area (Å²) in [6.45, 7) is 5.08. The molecule has 0 saturated heterocycles. The van der Waals surface area contributed by atoms with Crippen molar-refractivity contribution in [3.05, 3.63) is 0 Å². The molecule has 0 nitrogen and oxygen atoms in total. The predicted molar refractivity (Wildman–Crippen MR) is 50.9 cm³/mol. The molecular formula is C12H20. The first-order chi connectivity index (χ1) is 5.62. The molecule has 3 aliphatic rings. The minimum atomic E-state index is 0.796. The van der Waals surface area contributed by atoms with Crippen LogP contribution in [0, 0.1) is 22.7 Å². The van der Waals surface area contributed by atoms with E-state index in [0.717, 1.165) is 22.7 Å². The highest BCUT2D eigenvalue weighted by Crippen LogP contribution is 2.67. The third-order valence-electron chi connectivity index (χ3n) is 5.52. The maximum atomic E-state index is 2.54. The molecule has 3 fully saturated rings. The van der Waals surface area contributed by atoms with E-state index in [-0.39, 0.29) is 0 Å². The van der Waals surface area contributed by atoms with E-state index in [0.29, 0.717) is 0 Å². The van der Waals surface area contributed by atoms with Crippen LogP contribution in [0.2, 0.25) is 0 Å². The zero-order chi connectivity index (χ0) is 8.40. The van der Waals surface area contributed by atoms with Gasteiger partial charge in [0, 0.05) is 0 Å². The van der Waals surface area contributed by atoms with E-state index in [1.54, 1.807) is 25.7 Å². The van der Waals surface area contributed by atoms with Gasteiger partial charge in [0.15, 0.2) is 0 Å². The fraction of sp³-hybridized carbons (Fsp3) is 1.00. The van der Waals surface area contributed by atoms with Crippen LogP contribution in [-0.2, 0) is 0 Å². The third-order valence-corrected chi connectivity index (χ3v) is 5.52. The van der Waals surface area contributed by atoms with Gasteiger partial charge in [0.25, 0.3) is 0 Å². The Balaban J connectivity index is 1.84. The summed E-state index contributed by atoms with van der Waals surface area (Å²) < 4.78 is 0. The molecule has 12 heavy (non-hydrogen) atoms. The summed E-state index contributed by atoms with van der Waals surface area (Å²) in [6.07, 6.45) is 9.27. The molecule has 0 heterocycles. The lowest BCUT2D eigenvalue weighted by atomic mass is 9.41. The van der Waals surface area contributed by atoms with Crippen molar-refractivity contribution in [2.45, 2.75) is 52.4 Å². The molecule has 3 saturated carbocycles. The lowest BCUT2D eigenvalue weighted by Gasteiger charge is -2.64. The molecule has 2 unspecified atom stereocenters. The zero-order valence-electron chi connectivity index (χ0n) is 8.40. The molecule has 0 radical (unpaired) electrons. The van der Waals surface area contributed by atoms with Gasteiger partial charge in [-0.1, -0.05) is 13.8 Å². The Bertz CT molecular complexity index is 196. The topological polar surface area (TPSA) is 0 Å². The van der Waals surface area contributed by atoms with Crippen LogP contribution in [0.3, 0.4) is 0 Å². The fourth-order valence-corrected chi connectivity index (χ4v) is 4.04. The van der Waals surface area contributed by atoms with Crippen molar-refractivity contribution < 1.29 is 0 Å². The Morgan fingerprint density at radius 1 is 0.833 bits per heavy atom. The Morgan fingerprint density at radius 2 is 1.25 bits per heavy atom. The zero-order valence-corrected chi connectivity index (χ0v) is 8.40. The first-order valence-corrected chi connectivity index (χ1v) is 5.62. The van der Waals surface area contributed by atoms with E-state index in [1.165, 1.54) is 12.8 Å². The van der Waals surface area contributed by atoms with Crippen LogP contribution in [0.4, 0.5) is 0 Å². The van der Waals surface area contributed by atoms with Crippen molar-refractivity contribution in [2.24, 2.45) is 22.7 Å². The van der Waals surface area contributed by atoms with Gasteiger partial charge in [-0.2, -0.15) is 0 Å². The molecule has 0 aromatic rings. The highest BCUT2D eigenvalue weighted by molar-refractivity contribution is 5.07. The molecule has 0 N–H and O–H groups in total. The fourth-order valence-electron chi connectivity index (χ4n) is 4.04. The highest BCUT2D eigenvalue weighted by Gasteiger charge is 2.57. The van der Waals surface area contributed by atoms with E-state index >= 15 is 0 Å². The van der Waals surface area contributed by atoms with E-state index in [4.69, 9.17) is 0 Å². The van der Waals surface area contributed by atoms with Gasteiger partial charge in [0.2, 0.25) is 0 Å². The van der Waals surface area contributed by atoms with Crippen molar-refractivity contribution in [3.63, 3.8) is 0 Å². The lowest BCUT2D eigenvalue weighted by Crippen LogP contribution is -2.54. The highest BCUT2D eigenvalue weighted by atomic mass is 14.6. The van der Waals surface area contributed by atoms with E-state index < -0.39 is 0 Å². The lowest BCUT2D eigenvalue weighted by molar-refractivity contribution is -0.134. The molecule has 0 aromatic carbocycles. The van der Waals surface area contributed by atoms with Gasteiger partial charge in [-0.05, 0) is 61.2 Å². The van der Waals surface area contributed by atoms with Gasteiger partial charge in [-0.3, -0.25) is 0 Å². The summed E-state index contributed by atoms with van der Waals surface area (Å²) in [5, 5.41) is 0. The molecule has 3 rings (SSSR count). The molecule has 0 heteroatoms. The van der Waals surface area contributed by atoms with E-state index in [9.17, 15) is 0 Å². The maximum Gasteiger partial charge on any atom is -0.0294 e. The van der Waals surface area contributed by atoms with Crippen molar-refractivity contribution in [1.82, 2.24) is 0 Å². The number of hydrogen-bond donors (Lipinski definition) is 0. The second kappa shape index (κ2) is 1.91. The van der Waals surface area contributed by atoms with Crippen LogP contribution in [-0.4, -0.2) is 0 Å². The molecule has 0 amide bonds. The van der Waals surface area contributed by atoms with Crippen LogP contribution >= 0.6 is 0 Å². The van der Waals surface area contributed by atoms with Crippen LogP contribution in [0.15, 0.2) is 0 Å². The summed E-state index contributed by atoms with van der Waals surface area (Å²) in [5.41, 5.74) is 1.59. The molecule has 68 valence electrons. The average molecular weight is 164 g/mol. The van der Waals surface area contributed by atoms with Crippen LogP contribution in [0.1, 0.15) is 52.4 Å². The standard InChI is InChI=1S/C12H20/c1-11-5-3-9(11)8-12(2)6-4-10(12)7-11/h9-10H,3-8H2,1-2H3/t9-,10-,11?,12?/m0/s1. The Hall–Kier alpha value is 0. The molecular weight excluding hydrogens is 144 g/mol. The van der Waals surface area contributed by atoms with Gasteiger partial charge in [-0.15, -0.1) is 0 Å². The summed E-state index contributed by atoms with van der Waals surface area (Å²) in [6, 6.07) is 0. The first-order valence-electron chi connectivity index (χ1n) is 5.62. The third kappa shape index (κ3) is 0.701. The summed E-state index contributed by atoms with van der Waals surface area (Å²) in [7, 11) is 0. The Morgan fingerprint density at radius 3 is 1.50 bits per heavy atom. The van der Waals surface area contributed by atoms with Crippen molar-refractivity contribution in [2.75, 3.05) is 0 Å². The number of hydrogen-bond acceptors (Lipinski definition) is 0. The molecule has 0 spiro atoms. The minimum Gasteiger partial charge on any atom is -0.0594 e. The molecule has 0 aliphatic heterocycles. The maximum absolute atomic E-state index is 2.54. The summed E-state index contributed by atoms with van der Waals surface area (Å²) in [4.78, 5) is 0. The van der Waals surface area contributed by atoms with Crippen LogP contribution < -0.4 is 0 Å². The summed E-state index contributed by atoms with van der Waals surface area (Å²) >= 11 is 0. The van der Waals surface area contributed by atoms with Gasteiger partial charge in [0.05, 0.1) is 0 Å². The molecule has 0 aromatic heterocycles. The van der Waals surface area contributed by atoms with E-state index in [1.807, 2.05) is 0 Å². The monoisotopic (exact) mass is 164 g/mol. The van der Waals surface area contributed by atoms with Crippen molar-refractivity contribution >= 4 is 0 Å². The largest absolute Gasteiger partial charge is 0.0594 e. The average Bonchev–Trinajstić information content (AvgIpc) is 2.04. The Labute approximate surface area is 75.7 Å². The Kier molecular flexibility index (Phi) is 1.18. The second-order valence-electron chi connectivity index (χ2n) is 6.19. The van der Waals surface area contributed by atoms with Crippen molar-refractivity contribution in [3.8, 4) is 0 Å². The molecule has 4 atom stereocenters. The SMILES string of the molecule is CC12CC[C@H]1CC1(C)CC[C@H]1C2. The van der Waals surface area contributed by atoms with Crippen molar-refractivity contribution in [1.29, 1.82) is 0 Å². The smallest absolute Gasteiger partial charge is 0.0294 e. The van der Waals surface area contributed by atoms with Gasteiger partial charge >= 0.3 is 0 Å². The predicted octanol–water partition coefficient (Wildman–Crippen LogP) is 3.61. The minimum absolute atomic E-state index is 0.796. The van der Waals surface area contributed by atoms with Crippen LogP contribution in [0.25, 0.3) is 0 Å². The number of fused-ring (bicyclic) bond motifs is 2. The van der Waals surface area contributed by atoms with Gasteiger partial charge in [0.1, 0.15) is 0 Å². The molecule has 3 aliphatic carbocycles. The normalized spacial score (nSPS) is 62.5. The number of rotatable bonds is 0. The second-order valence-corrected chi connectivity index (χ2v) is 6.19. The molecule has 0 bridgehead atoms. The van der Waals surface area contributed by atoms with Crippen LogP contribution in [0.5, 0.6) is 0 Å².